The first-order valence-corrected chi connectivity index (χ1v) is 3.09. The molecule has 10 heavy (non-hydrogen) atoms. The van der Waals surface area contributed by atoms with Crippen LogP contribution in [0.3, 0.4) is 0 Å². The topological polar surface area (TPSA) is 38.4 Å². The fourth-order valence-corrected chi connectivity index (χ4v) is 0.842. The van der Waals surface area contributed by atoms with Gasteiger partial charge in [-0.15, -0.1) is 0 Å². The van der Waals surface area contributed by atoms with E-state index >= 15 is 0 Å². The van der Waals surface area contributed by atoms with Crippen LogP contribution in [0.2, 0.25) is 0 Å². The van der Waals surface area contributed by atoms with Crippen LogP contribution >= 0.6 is 0 Å². The van der Waals surface area contributed by atoms with Crippen LogP contribution in [0.1, 0.15) is 6.92 Å². The maximum atomic E-state index is 5.54. The molecule has 0 unspecified atom stereocenters. The van der Waals surface area contributed by atoms with Crippen molar-refractivity contribution in [2.45, 2.75) is 6.92 Å². The van der Waals surface area contributed by atoms with Crippen molar-refractivity contribution in [1.29, 1.82) is 0 Å². The Labute approximate surface area is 60.5 Å². The third-order valence-corrected chi connectivity index (χ3v) is 1.38. The van der Waals surface area contributed by atoms with Gasteiger partial charge in [0.05, 0.1) is 0 Å². The highest BCUT2D eigenvalue weighted by atomic mass is 14.9. The summed E-state index contributed by atoms with van der Waals surface area (Å²) < 4.78 is 0. The van der Waals surface area contributed by atoms with E-state index in [0.29, 0.717) is 5.84 Å². The molecule has 1 aliphatic rings. The van der Waals surface area contributed by atoms with Gasteiger partial charge in [0.2, 0.25) is 0 Å². The zero-order valence-electron chi connectivity index (χ0n) is 5.96. The summed E-state index contributed by atoms with van der Waals surface area (Å²) in [6.45, 7) is 5.55. The molecule has 0 aliphatic carbocycles. The summed E-state index contributed by atoms with van der Waals surface area (Å²) in [6.07, 6.45) is 5.32. The minimum Gasteiger partial charge on any atom is -0.383 e. The predicted octanol–water partition coefficient (Wildman–Crippen LogP) is 1.37. The predicted molar refractivity (Wildman–Crippen MR) is 43.7 cm³/mol. The van der Waals surface area contributed by atoms with E-state index in [0.717, 1.165) is 11.1 Å². The summed E-state index contributed by atoms with van der Waals surface area (Å²) in [5.74, 6) is 0.581. The van der Waals surface area contributed by atoms with E-state index in [-0.39, 0.29) is 0 Å². The fourth-order valence-electron chi connectivity index (χ4n) is 0.842. The summed E-state index contributed by atoms with van der Waals surface area (Å²) in [4.78, 5) is 3.93. The number of hydrogen-bond acceptors (Lipinski definition) is 2. The molecule has 0 saturated carbocycles. The van der Waals surface area contributed by atoms with Gasteiger partial charge < -0.3 is 5.73 Å². The molecule has 0 radical (unpaired) electrons. The highest BCUT2D eigenvalue weighted by molar-refractivity contribution is 6.03. The lowest BCUT2D eigenvalue weighted by Crippen LogP contribution is -2.11. The standard InChI is InChI=1S/C8H10N2/c1-3-4-7-6(2)5-10-8(7)9/h3-5H,1H2,2H3,(H2,9,10)/b7-4-. The zero-order chi connectivity index (χ0) is 7.56. The highest BCUT2D eigenvalue weighted by Crippen LogP contribution is 2.15. The van der Waals surface area contributed by atoms with Crippen molar-refractivity contribution in [2.75, 3.05) is 0 Å². The molecule has 0 spiro atoms. The van der Waals surface area contributed by atoms with Crippen molar-refractivity contribution < 1.29 is 0 Å². The number of nitrogens with two attached hydrogens (primary N) is 1. The van der Waals surface area contributed by atoms with Crippen LogP contribution in [-0.2, 0) is 0 Å². The van der Waals surface area contributed by atoms with E-state index in [1.54, 1.807) is 12.3 Å². The molecular formula is C8H10N2. The van der Waals surface area contributed by atoms with E-state index in [2.05, 4.69) is 11.6 Å². The van der Waals surface area contributed by atoms with Crippen molar-refractivity contribution in [3.8, 4) is 0 Å². The first kappa shape index (κ1) is 6.81. The van der Waals surface area contributed by atoms with Gasteiger partial charge in [-0.3, -0.25) is 0 Å². The van der Waals surface area contributed by atoms with Gasteiger partial charge in [-0.2, -0.15) is 0 Å². The molecule has 1 aliphatic heterocycles. The smallest absolute Gasteiger partial charge is 0.130 e. The average molecular weight is 134 g/mol. The number of allylic oxidation sites excluding steroid dienone is 2. The summed E-state index contributed by atoms with van der Waals surface area (Å²) in [5, 5.41) is 0. The van der Waals surface area contributed by atoms with Crippen molar-refractivity contribution >= 4 is 5.84 Å². The average Bonchev–Trinajstić information content (AvgIpc) is 2.20. The fraction of sp³-hybridized carbons (Fsp3) is 0.125. The van der Waals surface area contributed by atoms with Gasteiger partial charge in [0, 0.05) is 11.8 Å². The lowest BCUT2D eigenvalue weighted by atomic mass is 10.1. The molecule has 0 atom stereocenters. The number of nitrogens with zero attached hydrogens (tertiary/aromatic N) is 1. The molecule has 0 aromatic carbocycles. The van der Waals surface area contributed by atoms with Gasteiger partial charge in [0.25, 0.3) is 0 Å². The second kappa shape index (κ2) is 2.52. The molecule has 1 rings (SSSR count). The second-order valence-electron chi connectivity index (χ2n) is 2.14. The van der Waals surface area contributed by atoms with Crippen LogP contribution in [0.5, 0.6) is 0 Å². The van der Waals surface area contributed by atoms with Crippen molar-refractivity contribution in [2.24, 2.45) is 10.7 Å². The quantitative estimate of drug-likeness (QED) is 0.578. The number of amidine groups is 1. The summed E-state index contributed by atoms with van der Waals surface area (Å²) >= 11 is 0. The Morgan fingerprint density at radius 2 is 2.40 bits per heavy atom. The summed E-state index contributed by atoms with van der Waals surface area (Å²) in [6, 6.07) is 0. The minimum absolute atomic E-state index is 0.581. The summed E-state index contributed by atoms with van der Waals surface area (Å²) in [7, 11) is 0. The van der Waals surface area contributed by atoms with Gasteiger partial charge in [0.1, 0.15) is 5.84 Å². The maximum Gasteiger partial charge on any atom is 0.130 e. The monoisotopic (exact) mass is 134 g/mol. The molecule has 1 heterocycles. The van der Waals surface area contributed by atoms with Crippen molar-refractivity contribution in [1.82, 2.24) is 0 Å². The minimum atomic E-state index is 0.581. The molecule has 0 aromatic heterocycles. The lowest BCUT2D eigenvalue weighted by Gasteiger charge is -1.96. The Balaban J connectivity index is 2.96. The maximum absolute atomic E-state index is 5.54. The zero-order valence-corrected chi connectivity index (χ0v) is 5.96. The molecule has 2 nitrogen and oxygen atoms in total. The second-order valence-corrected chi connectivity index (χ2v) is 2.14. The molecule has 0 saturated heterocycles. The Kier molecular flexibility index (Phi) is 1.71. The molecule has 0 aromatic rings. The molecule has 2 heteroatoms. The lowest BCUT2D eigenvalue weighted by molar-refractivity contribution is 1.47. The van der Waals surface area contributed by atoms with Crippen LogP contribution in [0.4, 0.5) is 0 Å². The van der Waals surface area contributed by atoms with E-state index < -0.39 is 0 Å². The van der Waals surface area contributed by atoms with Gasteiger partial charge in [0.15, 0.2) is 0 Å². The van der Waals surface area contributed by atoms with Crippen LogP contribution in [0, 0.1) is 0 Å². The van der Waals surface area contributed by atoms with E-state index in [9.17, 15) is 0 Å². The van der Waals surface area contributed by atoms with Crippen LogP contribution in [0.25, 0.3) is 0 Å². The first-order chi connectivity index (χ1) is 4.75. The van der Waals surface area contributed by atoms with Crippen molar-refractivity contribution in [3.63, 3.8) is 0 Å². The Morgan fingerprint density at radius 3 is 2.80 bits per heavy atom. The Bertz CT molecular complexity index is 224. The normalized spacial score (nSPS) is 20.7. The molecule has 52 valence electrons. The summed E-state index contributed by atoms with van der Waals surface area (Å²) in [5.41, 5.74) is 7.61. The van der Waals surface area contributed by atoms with Gasteiger partial charge in [-0.25, -0.2) is 4.99 Å². The third-order valence-electron chi connectivity index (χ3n) is 1.38. The molecule has 0 bridgehead atoms. The van der Waals surface area contributed by atoms with Crippen LogP contribution in [-0.4, -0.2) is 5.84 Å². The van der Waals surface area contributed by atoms with Crippen molar-refractivity contribution in [3.05, 3.63) is 36.1 Å². The molecule has 0 fully saturated rings. The first-order valence-electron chi connectivity index (χ1n) is 3.09. The van der Waals surface area contributed by atoms with Gasteiger partial charge in [-0.1, -0.05) is 18.7 Å². The third kappa shape index (κ3) is 1.00. The Morgan fingerprint density at radius 1 is 1.70 bits per heavy atom. The number of rotatable bonds is 1. The molecular weight excluding hydrogens is 124 g/mol. The highest BCUT2D eigenvalue weighted by Gasteiger charge is 2.08. The van der Waals surface area contributed by atoms with Gasteiger partial charge >= 0.3 is 0 Å². The largest absolute Gasteiger partial charge is 0.383 e. The Hall–Kier alpha value is -1.31. The van der Waals surface area contributed by atoms with Crippen LogP contribution in [0.15, 0.2) is 41.1 Å². The van der Waals surface area contributed by atoms with E-state index in [1.165, 1.54) is 0 Å². The van der Waals surface area contributed by atoms with E-state index in [1.807, 2.05) is 13.0 Å². The SMILES string of the molecule is C=C/C=C1/C(C)=CN=C1N. The number of aliphatic imine (C=N–C) groups is 1. The molecule has 2 N–H and O–H groups in total. The van der Waals surface area contributed by atoms with Crippen LogP contribution < -0.4 is 5.73 Å². The number of hydrogen-bond donors (Lipinski definition) is 1. The molecule has 0 amide bonds. The van der Waals surface area contributed by atoms with Gasteiger partial charge in [-0.05, 0) is 12.5 Å². The van der Waals surface area contributed by atoms with E-state index in [4.69, 9.17) is 5.73 Å².